The van der Waals surface area contributed by atoms with Crippen LogP contribution in [-0.2, 0) is 9.53 Å². The van der Waals surface area contributed by atoms with E-state index in [-0.39, 0.29) is 17.5 Å². The Kier molecular flexibility index (Phi) is 3.95. The van der Waals surface area contributed by atoms with Gasteiger partial charge in [-0.25, -0.2) is 4.79 Å². The summed E-state index contributed by atoms with van der Waals surface area (Å²) in [6.07, 6.45) is 6.61. The Morgan fingerprint density at radius 1 is 1.27 bits per heavy atom. The molecule has 2 nitrogen and oxygen atoms in total. The molecule has 0 radical (unpaired) electrons. The summed E-state index contributed by atoms with van der Waals surface area (Å²) >= 11 is 0. The molecule has 2 heteroatoms. The van der Waals surface area contributed by atoms with E-state index in [9.17, 15) is 4.79 Å². The van der Waals surface area contributed by atoms with Crippen LogP contribution in [0.15, 0.2) is 11.6 Å². The van der Waals surface area contributed by atoms with Crippen molar-refractivity contribution >= 4 is 5.97 Å². The maximum absolute atomic E-state index is 11.7. The van der Waals surface area contributed by atoms with Crippen molar-refractivity contribution in [3.05, 3.63) is 11.6 Å². The quantitative estimate of drug-likeness (QED) is 0.515. The van der Waals surface area contributed by atoms with Crippen molar-refractivity contribution in [2.45, 2.75) is 59.5 Å². The number of hydrogen-bond donors (Lipinski definition) is 0. The lowest BCUT2D eigenvalue weighted by Gasteiger charge is -2.15. The fraction of sp³-hybridized carbons (Fsp3) is 0.769. The minimum absolute atomic E-state index is 0.0405. The first-order valence-electron chi connectivity index (χ1n) is 5.79. The van der Waals surface area contributed by atoms with Crippen molar-refractivity contribution in [1.29, 1.82) is 0 Å². The molecule has 1 aliphatic rings. The Morgan fingerprint density at radius 2 is 1.80 bits per heavy atom. The molecule has 0 aliphatic heterocycles. The number of carbonyl (C=O) groups is 1. The second-order valence-corrected chi connectivity index (χ2v) is 5.51. The van der Waals surface area contributed by atoms with E-state index in [1.165, 1.54) is 12.8 Å². The summed E-state index contributed by atoms with van der Waals surface area (Å²) in [5.41, 5.74) is 0.771. The SMILES string of the molecule is C/C(=C\C(C)(C)C)C(=O)OC1CCCC1. The van der Waals surface area contributed by atoms with Crippen LogP contribution in [0.4, 0.5) is 0 Å². The van der Waals surface area contributed by atoms with Gasteiger partial charge >= 0.3 is 5.97 Å². The molecule has 0 atom stereocenters. The van der Waals surface area contributed by atoms with Gasteiger partial charge in [0.1, 0.15) is 6.10 Å². The molecule has 0 spiro atoms. The van der Waals surface area contributed by atoms with Crippen LogP contribution < -0.4 is 0 Å². The minimum Gasteiger partial charge on any atom is -0.459 e. The fourth-order valence-corrected chi connectivity index (χ4v) is 1.96. The third-order valence-corrected chi connectivity index (χ3v) is 2.55. The van der Waals surface area contributed by atoms with Crippen molar-refractivity contribution in [3.63, 3.8) is 0 Å². The summed E-state index contributed by atoms with van der Waals surface area (Å²) in [6, 6.07) is 0. The first kappa shape index (κ1) is 12.3. The molecule has 1 rings (SSSR count). The Morgan fingerprint density at radius 3 is 2.27 bits per heavy atom. The second-order valence-electron chi connectivity index (χ2n) is 5.51. The van der Waals surface area contributed by atoms with Gasteiger partial charge in [-0.1, -0.05) is 26.8 Å². The third-order valence-electron chi connectivity index (χ3n) is 2.55. The fourth-order valence-electron chi connectivity index (χ4n) is 1.96. The predicted molar refractivity (Wildman–Crippen MR) is 61.6 cm³/mol. The summed E-state index contributed by atoms with van der Waals surface area (Å²) in [5, 5.41) is 0. The van der Waals surface area contributed by atoms with Crippen molar-refractivity contribution in [3.8, 4) is 0 Å². The van der Waals surface area contributed by atoms with E-state index < -0.39 is 0 Å². The topological polar surface area (TPSA) is 26.3 Å². The summed E-state index contributed by atoms with van der Waals surface area (Å²) in [4.78, 5) is 11.7. The Bertz CT molecular complexity index is 252. The number of hydrogen-bond acceptors (Lipinski definition) is 2. The summed E-state index contributed by atoms with van der Waals surface area (Å²) < 4.78 is 5.41. The lowest BCUT2D eigenvalue weighted by molar-refractivity contribution is -0.143. The largest absolute Gasteiger partial charge is 0.459 e. The van der Waals surface area contributed by atoms with Gasteiger partial charge in [0.15, 0.2) is 0 Å². The molecule has 15 heavy (non-hydrogen) atoms. The molecule has 1 aliphatic carbocycles. The minimum atomic E-state index is -0.142. The van der Waals surface area contributed by atoms with Crippen LogP contribution in [0.3, 0.4) is 0 Å². The zero-order valence-corrected chi connectivity index (χ0v) is 10.3. The van der Waals surface area contributed by atoms with Crippen LogP contribution >= 0.6 is 0 Å². The lowest BCUT2D eigenvalue weighted by Crippen LogP contribution is -2.16. The zero-order chi connectivity index (χ0) is 11.5. The van der Waals surface area contributed by atoms with Gasteiger partial charge in [0.25, 0.3) is 0 Å². The number of allylic oxidation sites excluding steroid dienone is 1. The third kappa shape index (κ3) is 4.50. The zero-order valence-electron chi connectivity index (χ0n) is 10.3. The van der Waals surface area contributed by atoms with E-state index in [4.69, 9.17) is 4.74 Å². The van der Waals surface area contributed by atoms with Crippen LogP contribution in [0.1, 0.15) is 53.4 Å². The van der Waals surface area contributed by atoms with E-state index in [1.54, 1.807) is 0 Å². The Balaban J connectivity index is 2.49. The first-order chi connectivity index (χ1) is 6.88. The summed E-state index contributed by atoms with van der Waals surface area (Å²) in [7, 11) is 0. The average molecular weight is 210 g/mol. The molecule has 0 aromatic rings. The van der Waals surface area contributed by atoms with Crippen molar-refractivity contribution in [2.75, 3.05) is 0 Å². The number of ether oxygens (including phenoxy) is 1. The van der Waals surface area contributed by atoms with Crippen molar-refractivity contribution < 1.29 is 9.53 Å². The molecular formula is C13H22O2. The van der Waals surface area contributed by atoms with E-state index in [0.29, 0.717) is 0 Å². The standard InChI is InChI=1S/C13H22O2/c1-10(9-13(2,3)4)12(14)15-11-7-5-6-8-11/h9,11H,5-8H2,1-4H3/b10-9+. The van der Waals surface area contributed by atoms with E-state index >= 15 is 0 Å². The highest BCUT2D eigenvalue weighted by molar-refractivity contribution is 5.88. The summed E-state index contributed by atoms with van der Waals surface area (Å²) in [6.45, 7) is 8.08. The summed E-state index contributed by atoms with van der Waals surface area (Å²) in [5.74, 6) is -0.142. The van der Waals surface area contributed by atoms with Gasteiger partial charge in [0.05, 0.1) is 0 Å². The van der Waals surface area contributed by atoms with Gasteiger partial charge in [-0.3, -0.25) is 0 Å². The van der Waals surface area contributed by atoms with E-state index in [1.807, 2.05) is 13.0 Å². The molecule has 0 aromatic carbocycles. The van der Waals surface area contributed by atoms with Crippen molar-refractivity contribution in [2.24, 2.45) is 5.41 Å². The van der Waals surface area contributed by atoms with Gasteiger partial charge in [0, 0.05) is 5.57 Å². The van der Waals surface area contributed by atoms with Gasteiger partial charge in [0.2, 0.25) is 0 Å². The van der Waals surface area contributed by atoms with E-state index in [0.717, 1.165) is 18.4 Å². The molecule has 1 fully saturated rings. The molecule has 0 N–H and O–H groups in total. The molecule has 86 valence electrons. The predicted octanol–water partition coefficient (Wildman–Crippen LogP) is 3.46. The van der Waals surface area contributed by atoms with Gasteiger partial charge in [-0.05, 0) is 38.0 Å². The van der Waals surface area contributed by atoms with Crippen LogP contribution in [0.2, 0.25) is 0 Å². The molecule has 0 heterocycles. The Labute approximate surface area is 92.7 Å². The highest BCUT2D eigenvalue weighted by atomic mass is 16.5. The van der Waals surface area contributed by atoms with E-state index in [2.05, 4.69) is 20.8 Å². The molecule has 0 unspecified atom stereocenters. The smallest absolute Gasteiger partial charge is 0.333 e. The number of rotatable bonds is 2. The second kappa shape index (κ2) is 4.82. The van der Waals surface area contributed by atoms with Crippen LogP contribution in [0, 0.1) is 5.41 Å². The molecule has 0 bridgehead atoms. The molecule has 0 amide bonds. The van der Waals surface area contributed by atoms with Gasteiger partial charge in [-0.2, -0.15) is 0 Å². The number of carbonyl (C=O) groups excluding carboxylic acids is 1. The monoisotopic (exact) mass is 210 g/mol. The van der Waals surface area contributed by atoms with Gasteiger partial charge < -0.3 is 4.74 Å². The molecule has 0 saturated heterocycles. The van der Waals surface area contributed by atoms with Crippen LogP contribution in [0.25, 0.3) is 0 Å². The van der Waals surface area contributed by atoms with Crippen molar-refractivity contribution in [1.82, 2.24) is 0 Å². The molecule has 1 saturated carbocycles. The first-order valence-corrected chi connectivity index (χ1v) is 5.79. The molecular weight excluding hydrogens is 188 g/mol. The average Bonchev–Trinajstić information content (AvgIpc) is 2.53. The maximum atomic E-state index is 11.7. The molecule has 0 aromatic heterocycles. The lowest BCUT2D eigenvalue weighted by atomic mass is 9.94. The van der Waals surface area contributed by atoms with Gasteiger partial charge in [-0.15, -0.1) is 0 Å². The number of esters is 1. The van der Waals surface area contributed by atoms with Crippen LogP contribution in [0.5, 0.6) is 0 Å². The van der Waals surface area contributed by atoms with Crippen LogP contribution in [-0.4, -0.2) is 12.1 Å². The Hall–Kier alpha value is -0.790. The highest BCUT2D eigenvalue weighted by Crippen LogP contribution is 2.23. The normalized spacial score (nSPS) is 19.3. The maximum Gasteiger partial charge on any atom is 0.333 e. The highest BCUT2D eigenvalue weighted by Gasteiger charge is 2.20.